The summed E-state index contributed by atoms with van der Waals surface area (Å²) < 4.78 is 33.5. The van der Waals surface area contributed by atoms with Crippen LogP contribution in [0.25, 0.3) is 0 Å². The molecule has 0 amide bonds. The van der Waals surface area contributed by atoms with Crippen LogP contribution in [0.3, 0.4) is 0 Å². The Balaban J connectivity index is 1.70. The molecule has 0 bridgehead atoms. The van der Waals surface area contributed by atoms with Crippen LogP contribution in [0.4, 0.5) is 5.69 Å². The first kappa shape index (κ1) is 16.4. The molecule has 1 saturated carbocycles. The first-order valence-electron chi connectivity index (χ1n) is 7.66. The van der Waals surface area contributed by atoms with E-state index in [-0.39, 0.29) is 17.5 Å². The fourth-order valence-electron chi connectivity index (χ4n) is 3.21. The molecule has 0 spiro atoms. The van der Waals surface area contributed by atoms with Gasteiger partial charge >= 0.3 is 0 Å². The quantitative estimate of drug-likeness (QED) is 0.630. The minimum absolute atomic E-state index is 0.0518. The van der Waals surface area contributed by atoms with Gasteiger partial charge in [-0.15, -0.1) is 0 Å². The summed E-state index contributed by atoms with van der Waals surface area (Å²) in [6.45, 7) is 2.47. The molecular formula is C15H20N2O5S. The van der Waals surface area contributed by atoms with E-state index in [1.54, 1.807) is 0 Å². The molecule has 1 aromatic rings. The van der Waals surface area contributed by atoms with Crippen molar-refractivity contribution in [3.8, 4) is 0 Å². The van der Waals surface area contributed by atoms with Gasteiger partial charge in [-0.2, -0.15) is 0 Å². The molecule has 126 valence electrons. The van der Waals surface area contributed by atoms with Gasteiger partial charge in [0.05, 0.1) is 22.3 Å². The molecule has 1 N–H and O–H groups in total. The van der Waals surface area contributed by atoms with Crippen LogP contribution in [0.1, 0.15) is 31.7 Å². The summed E-state index contributed by atoms with van der Waals surface area (Å²) in [7, 11) is -3.55. The summed E-state index contributed by atoms with van der Waals surface area (Å²) in [4.78, 5) is 10.1. The van der Waals surface area contributed by atoms with E-state index in [1.807, 2.05) is 6.92 Å². The second-order valence-corrected chi connectivity index (χ2v) is 8.30. The van der Waals surface area contributed by atoms with Crippen LogP contribution in [-0.4, -0.2) is 31.6 Å². The minimum Gasteiger partial charge on any atom is -0.376 e. The molecule has 2 fully saturated rings. The van der Waals surface area contributed by atoms with Crippen molar-refractivity contribution in [1.29, 1.82) is 0 Å². The second kappa shape index (κ2) is 5.85. The summed E-state index contributed by atoms with van der Waals surface area (Å²) in [6, 6.07) is 5.59. The number of hydrogen-bond acceptors (Lipinski definition) is 5. The molecule has 0 radical (unpaired) electrons. The Hall–Kier alpha value is -1.51. The van der Waals surface area contributed by atoms with Crippen LogP contribution in [0, 0.1) is 16.0 Å². The van der Waals surface area contributed by atoms with Gasteiger partial charge in [0.1, 0.15) is 0 Å². The Labute approximate surface area is 135 Å². The average molecular weight is 340 g/mol. The zero-order valence-corrected chi connectivity index (χ0v) is 13.7. The molecular weight excluding hydrogens is 320 g/mol. The highest BCUT2D eigenvalue weighted by Gasteiger charge is 2.49. The SMILES string of the molecule is C[C@]1(NS(=O)(=O)Cc2ccc([N+](=O)[O-])cc2)CCO[C@@H]1C1CC1. The number of benzene rings is 1. The number of ether oxygens (including phenoxy) is 1. The molecule has 8 heteroatoms. The van der Waals surface area contributed by atoms with E-state index < -0.39 is 20.5 Å². The minimum atomic E-state index is -3.55. The number of rotatable bonds is 6. The van der Waals surface area contributed by atoms with Crippen LogP contribution >= 0.6 is 0 Å². The number of nitro benzene ring substituents is 1. The van der Waals surface area contributed by atoms with Crippen molar-refractivity contribution < 1.29 is 18.1 Å². The molecule has 1 heterocycles. The van der Waals surface area contributed by atoms with Gasteiger partial charge in [-0.25, -0.2) is 13.1 Å². The van der Waals surface area contributed by atoms with Crippen LogP contribution < -0.4 is 4.72 Å². The summed E-state index contributed by atoms with van der Waals surface area (Å²) in [6.07, 6.45) is 2.77. The molecule has 0 aromatic heterocycles. The molecule has 23 heavy (non-hydrogen) atoms. The Kier molecular flexibility index (Phi) is 4.16. The molecule has 1 saturated heterocycles. The van der Waals surface area contributed by atoms with Gasteiger partial charge in [0.25, 0.3) is 5.69 Å². The fourth-order valence-corrected chi connectivity index (χ4v) is 4.85. The van der Waals surface area contributed by atoms with Crippen molar-refractivity contribution in [3.63, 3.8) is 0 Å². The van der Waals surface area contributed by atoms with Crippen molar-refractivity contribution in [1.82, 2.24) is 4.72 Å². The lowest BCUT2D eigenvalue weighted by molar-refractivity contribution is -0.384. The Morgan fingerprint density at radius 2 is 2.00 bits per heavy atom. The van der Waals surface area contributed by atoms with Gasteiger partial charge in [-0.3, -0.25) is 10.1 Å². The van der Waals surface area contributed by atoms with Gasteiger partial charge in [-0.1, -0.05) is 12.1 Å². The van der Waals surface area contributed by atoms with Crippen molar-refractivity contribution in [2.24, 2.45) is 5.92 Å². The highest BCUT2D eigenvalue weighted by molar-refractivity contribution is 7.88. The third-order valence-corrected chi connectivity index (χ3v) is 5.98. The summed E-state index contributed by atoms with van der Waals surface area (Å²) >= 11 is 0. The van der Waals surface area contributed by atoms with Crippen LogP contribution in [0.5, 0.6) is 0 Å². The first-order valence-corrected chi connectivity index (χ1v) is 9.31. The monoisotopic (exact) mass is 340 g/mol. The average Bonchev–Trinajstić information content (AvgIpc) is 3.22. The Bertz CT molecular complexity index is 699. The van der Waals surface area contributed by atoms with Crippen LogP contribution in [-0.2, 0) is 20.5 Å². The van der Waals surface area contributed by atoms with Gasteiger partial charge in [0.2, 0.25) is 10.0 Å². The zero-order chi connectivity index (χ0) is 16.7. The molecule has 2 aliphatic rings. The highest BCUT2D eigenvalue weighted by atomic mass is 32.2. The lowest BCUT2D eigenvalue weighted by Crippen LogP contribution is -2.52. The first-order chi connectivity index (χ1) is 10.8. The molecule has 7 nitrogen and oxygen atoms in total. The molecule has 3 rings (SSSR count). The predicted octanol–water partition coefficient (Wildman–Crippen LogP) is 1.97. The van der Waals surface area contributed by atoms with Crippen molar-refractivity contribution >= 4 is 15.7 Å². The van der Waals surface area contributed by atoms with E-state index in [0.717, 1.165) is 12.8 Å². The van der Waals surface area contributed by atoms with E-state index in [4.69, 9.17) is 4.74 Å². The largest absolute Gasteiger partial charge is 0.376 e. The van der Waals surface area contributed by atoms with E-state index in [1.165, 1.54) is 24.3 Å². The summed E-state index contributed by atoms with van der Waals surface area (Å²) in [5.41, 5.74) is -0.0986. The molecule has 0 unspecified atom stereocenters. The number of sulfonamides is 1. The van der Waals surface area contributed by atoms with E-state index >= 15 is 0 Å². The smallest absolute Gasteiger partial charge is 0.269 e. The van der Waals surface area contributed by atoms with Crippen LogP contribution in [0.15, 0.2) is 24.3 Å². The fraction of sp³-hybridized carbons (Fsp3) is 0.600. The Morgan fingerprint density at radius 3 is 2.57 bits per heavy atom. The lowest BCUT2D eigenvalue weighted by Gasteiger charge is -2.31. The van der Waals surface area contributed by atoms with E-state index in [0.29, 0.717) is 24.5 Å². The van der Waals surface area contributed by atoms with Gasteiger partial charge < -0.3 is 4.74 Å². The van der Waals surface area contributed by atoms with E-state index in [2.05, 4.69) is 4.72 Å². The number of nitro groups is 1. The number of hydrogen-bond donors (Lipinski definition) is 1. The number of non-ortho nitro benzene ring substituents is 1. The van der Waals surface area contributed by atoms with Gasteiger partial charge in [0.15, 0.2) is 0 Å². The third kappa shape index (κ3) is 3.70. The second-order valence-electron chi connectivity index (χ2n) is 6.58. The maximum atomic E-state index is 12.5. The Morgan fingerprint density at radius 1 is 1.35 bits per heavy atom. The van der Waals surface area contributed by atoms with Crippen LogP contribution in [0.2, 0.25) is 0 Å². The lowest BCUT2D eigenvalue weighted by atomic mass is 9.92. The maximum absolute atomic E-state index is 12.5. The normalized spacial score (nSPS) is 28.0. The topological polar surface area (TPSA) is 98.5 Å². The maximum Gasteiger partial charge on any atom is 0.269 e. The molecule has 2 atom stereocenters. The number of nitrogens with one attached hydrogen (secondary N) is 1. The van der Waals surface area contributed by atoms with Crippen molar-refractivity contribution in [2.75, 3.05) is 6.61 Å². The highest BCUT2D eigenvalue weighted by Crippen LogP contribution is 2.43. The summed E-state index contributed by atoms with van der Waals surface area (Å²) in [5, 5.41) is 10.6. The predicted molar refractivity (Wildman–Crippen MR) is 84.3 cm³/mol. The van der Waals surface area contributed by atoms with Gasteiger partial charge in [0, 0.05) is 18.7 Å². The number of nitrogens with zero attached hydrogens (tertiary/aromatic N) is 1. The molecule has 1 aromatic carbocycles. The summed E-state index contributed by atoms with van der Waals surface area (Å²) in [5.74, 6) is 0.252. The molecule has 1 aliphatic carbocycles. The third-order valence-electron chi connectivity index (χ3n) is 4.49. The molecule has 1 aliphatic heterocycles. The van der Waals surface area contributed by atoms with Gasteiger partial charge in [-0.05, 0) is 37.7 Å². The van der Waals surface area contributed by atoms with Crippen molar-refractivity contribution in [3.05, 3.63) is 39.9 Å². The van der Waals surface area contributed by atoms with E-state index in [9.17, 15) is 18.5 Å². The standard InChI is InChI=1S/C15H20N2O5S/c1-15(8-9-22-14(15)12-4-5-12)16-23(20,21)10-11-2-6-13(7-3-11)17(18)19/h2-3,6-7,12,14,16H,4-5,8-10H2,1H3/t14-,15+/m1/s1. The van der Waals surface area contributed by atoms with Crippen molar-refractivity contribution in [2.45, 2.75) is 43.6 Å². The zero-order valence-electron chi connectivity index (χ0n) is 12.9.